The van der Waals surface area contributed by atoms with E-state index >= 15 is 0 Å². The first kappa shape index (κ1) is 35.6. The number of likely N-dealkylation sites (N-methyl/N-ethyl adjacent to an activating group) is 1. The molecule has 3 rings (SSSR count). The fourth-order valence-electron chi connectivity index (χ4n) is 4.62. The van der Waals surface area contributed by atoms with Crippen LogP contribution in [-0.2, 0) is 25.6 Å². The summed E-state index contributed by atoms with van der Waals surface area (Å²) in [7, 11) is 2.98. The van der Waals surface area contributed by atoms with Crippen molar-refractivity contribution in [1.29, 1.82) is 0 Å². The van der Waals surface area contributed by atoms with Crippen molar-refractivity contribution >= 4 is 41.1 Å². The largest absolute Gasteiger partial charge is 1.00 e. The van der Waals surface area contributed by atoms with Gasteiger partial charge in [-0.05, 0) is 49.1 Å². The molecule has 12 nitrogen and oxygen atoms in total. The molecule has 0 spiro atoms. The van der Waals surface area contributed by atoms with Gasteiger partial charge in [0, 0.05) is 45.3 Å². The molecule has 0 aromatic heterocycles. The summed E-state index contributed by atoms with van der Waals surface area (Å²) in [6, 6.07) is 11.9. The van der Waals surface area contributed by atoms with Gasteiger partial charge >= 0.3 is 41.6 Å². The molecule has 0 bridgehead atoms. The first-order valence-corrected chi connectivity index (χ1v) is 13.9. The predicted molar refractivity (Wildman–Crippen MR) is 159 cm³/mol. The van der Waals surface area contributed by atoms with Gasteiger partial charge in [0.05, 0.1) is 32.2 Å². The SMILES string of the molecule is COc1cc(CC(=O)N(C)CC(=O)N(CCCN2CCCC2=O)CCC(=O)O)ccc1NC(=O)Nc1ccccc1C.[H-].[Na+]. The molecule has 1 saturated heterocycles. The molecule has 1 aliphatic rings. The number of para-hydroxylation sites is 1. The molecule has 5 amide bonds. The molecule has 228 valence electrons. The summed E-state index contributed by atoms with van der Waals surface area (Å²) in [6.07, 6.45) is 1.65. The van der Waals surface area contributed by atoms with Crippen LogP contribution in [0.1, 0.15) is 38.2 Å². The number of carboxylic acids is 1. The van der Waals surface area contributed by atoms with Gasteiger partial charge in [-0.2, -0.15) is 0 Å². The van der Waals surface area contributed by atoms with Crippen LogP contribution in [0.2, 0.25) is 0 Å². The fourth-order valence-corrected chi connectivity index (χ4v) is 4.62. The number of aliphatic carboxylic acids is 1. The molecule has 43 heavy (non-hydrogen) atoms. The predicted octanol–water partition coefficient (Wildman–Crippen LogP) is 0.0808. The molecule has 0 radical (unpaired) electrons. The Hall–Kier alpha value is -3.61. The number of urea groups is 1. The average molecular weight is 606 g/mol. The summed E-state index contributed by atoms with van der Waals surface area (Å²) in [6.45, 7) is 3.19. The van der Waals surface area contributed by atoms with Crippen molar-refractivity contribution in [3.05, 3.63) is 53.6 Å². The van der Waals surface area contributed by atoms with Crippen molar-refractivity contribution in [2.75, 3.05) is 57.5 Å². The third-order valence-corrected chi connectivity index (χ3v) is 7.04. The van der Waals surface area contributed by atoms with Crippen LogP contribution in [0.5, 0.6) is 5.75 Å². The third-order valence-electron chi connectivity index (χ3n) is 7.04. The maximum Gasteiger partial charge on any atom is 1.00 e. The Kier molecular flexibility index (Phi) is 14.5. The zero-order chi connectivity index (χ0) is 30.6. The quantitative estimate of drug-likeness (QED) is 0.258. The van der Waals surface area contributed by atoms with Crippen LogP contribution in [0.3, 0.4) is 0 Å². The number of anilines is 2. The Morgan fingerprint density at radius 3 is 2.42 bits per heavy atom. The summed E-state index contributed by atoms with van der Waals surface area (Å²) in [5, 5.41) is 14.6. The second kappa shape index (κ2) is 17.5. The van der Waals surface area contributed by atoms with E-state index in [0.29, 0.717) is 55.2 Å². The Morgan fingerprint density at radius 2 is 1.77 bits per heavy atom. The minimum atomic E-state index is -1.02. The van der Waals surface area contributed by atoms with Gasteiger partial charge < -0.3 is 36.6 Å². The molecule has 2 aromatic rings. The summed E-state index contributed by atoms with van der Waals surface area (Å²) in [4.78, 5) is 65.9. The van der Waals surface area contributed by atoms with Crippen molar-refractivity contribution < 1.29 is 64.8 Å². The average Bonchev–Trinajstić information content (AvgIpc) is 3.36. The number of carboxylic acid groups (broad SMARTS) is 1. The van der Waals surface area contributed by atoms with Gasteiger partial charge in [0.1, 0.15) is 5.75 Å². The Morgan fingerprint density at radius 1 is 1.05 bits per heavy atom. The van der Waals surface area contributed by atoms with Gasteiger partial charge in [-0.25, -0.2) is 4.79 Å². The molecule has 2 aromatic carbocycles. The molecule has 1 heterocycles. The number of carbonyl (C=O) groups excluding carboxylic acids is 4. The van der Waals surface area contributed by atoms with E-state index in [0.717, 1.165) is 12.0 Å². The van der Waals surface area contributed by atoms with E-state index in [2.05, 4.69) is 10.6 Å². The second-order valence-corrected chi connectivity index (χ2v) is 10.2. The van der Waals surface area contributed by atoms with Crippen LogP contribution in [0.4, 0.5) is 16.2 Å². The standard InChI is InChI=1S/C30H39N5O7.Na.H/c1-21-8-4-5-9-23(21)31-30(41)32-24-12-11-22(18-25(24)42-3)19-27(37)33(2)20-28(38)35(17-13-29(39)40)16-7-15-34-14-6-10-26(34)36;;/h4-5,8-9,11-12,18H,6-7,10,13-17,19-20H2,1-3H3,(H,39,40)(H2,31,32,41);;/q;+1;-1. The minimum Gasteiger partial charge on any atom is -1.00 e. The molecule has 3 N–H and O–H groups in total. The Balaban J connectivity index is 0.00000484. The molecular formula is C30H40N5NaO7. The van der Waals surface area contributed by atoms with E-state index in [1.54, 1.807) is 29.2 Å². The van der Waals surface area contributed by atoms with Crippen LogP contribution in [0.25, 0.3) is 0 Å². The molecule has 0 saturated carbocycles. The maximum atomic E-state index is 13.0. The molecule has 0 unspecified atom stereocenters. The number of nitrogens with zero attached hydrogens (tertiary/aromatic N) is 3. The molecule has 13 heteroatoms. The van der Waals surface area contributed by atoms with Crippen molar-refractivity contribution in [2.24, 2.45) is 0 Å². The van der Waals surface area contributed by atoms with Crippen molar-refractivity contribution in [3.8, 4) is 5.75 Å². The van der Waals surface area contributed by atoms with E-state index in [1.807, 2.05) is 25.1 Å². The molecule has 0 atom stereocenters. The van der Waals surface area contributed by atoms with Crippen LogP contribution in [0, 0.1) is 6.92 Å². The molecule has 1 aliphatic heterocycles. The number of ether oxygens (including phenoxy) is 1. The first-order chi connectivity index (χ1) is 20.1. The summed E-state index contributed by atoms with van der Waals surface area (Å²) < 4.78 is 5.43. The van der Waals surface area contributed by atoms with Crippen molar-refractivity contribution in [3.63, 3.8) is 0 Å². The smallest absolute Gasteiger partial charge is 1.00 e. The number of benzene rings is 2. The summed E-state index contributed by atoms with van der Waals surface area (Å²) in [5.74, 6) is -1.24. The molecule has 0 aliphatic carbocycles. The summed E-state index contributed by atoms with van der Waals surface area (Å²) in [5.41, 5.74) is 2.64. The first-order valence-electron chi connectivity index (χ1n) is 13.9. The number of likely N-dealkylation sites (tertiary alicyclic amines) is 1. The number of hydrogen-bond donors (Lipinski definition) is 3. The van der Waals surface area contributed by atoms with Crippen LogP contribution in [-0.4, -0.2) is 96.4 Å². The number of amides is 5. The number of carbonyl (C=O) groups is 5. The number of hydrogen-bond acceptors (Lipinski definition) is 6. The van der Waals surface area contributed by atoms with Gasteiger partial charge in [0.15, 0.2) is 0 Å². The van der Waals surface area contributed by atoms with Gasteiger partial charge in [0.2, 0.25) is 17.7 Å². The van der Waals surface area contributed by atoms with Gasteiger partial charge in [-0.15, -0.1) is 0 Å². The second-order valence-electron chi connectivity index (χ2n) is 10.2. The number of rotatable bonds is 14. The monoisotopic (exact) mass is 605 g/mol. The Labute approximate surface area is 275 Å². The normalized spacial score (nSPS) is 12.3. The van der Waals surface area contributed by atoms with Crippen LogP contribution >= 0.6 is 0 Å². The van der Waals surface area contributed by atoms with E-state index in [9.17, 15) is 24.0 Å². The topological polar surface area (TPSA) is 149 Å². The maximum absolute atomic E-state index is 13.0. The molecule has 1 fully saturated rings. The number of nitrogens with one attached hydrogen (secondary N) is 2. The zero-order valence-electron chi connectivity index (χ0n) is 26.4. The number of methoxy groups -OCH3 is 1. The van der Waals surface area contributed by atoms with Crippen molar-refractivity contribution in [2.45, 2.75) is 39.0 Å². The molecular weight excluding hydrogens is 565 g/mol. The van der Waals surface area contributed by atoms with Crippen LogP contribution < -0.4 is 44.9 Å². The van der Waals surface area contributed by atoms with Crippen LogP contribution in [0.15, 0.2) is 42.5 Å². The van der Waals surface area contributed by atoms with E-state index < -0.39 is 12.0 Å². The zero-order valence-corrected chi connectivity index (χ0v) is 27.4. The van der Waals surface area contributed by atoms with Gasteiger partial charge in [-0.3, -0.25) is 19.2 Å². The third kappa shape index (κ3) is 11.2. The number of aryl methyl sites for hydroxylation is 1. The van der Waals surface area contributed by atoms with Gasteiger partial charge in [-0.1, -0.05) is 24.3 Å². The van der Waals surface area contributed by atoms with E-state index in [4.69, 9.17) is 9.84 Å². The van der Waals surface area contributed by atoms with E-state index in [-0.39, 0.29) is 74.6 Å². The minimum absolute atomic E-state index is 0. The Bertz CT molecular complexity index is 1310. The van der Waals surface area contributed by atoms with E-state index in [1.165, 1.54) is 24.0 Å². The fraction of sp³-hybridized carbons (Fsp3) is 0.433. The summed E-state index contributed by atoms with van der Waals surface area (Å²) >= 11 is 0. The van der Waals surface area contributed by atoms with Gasteiger partial charge in [0.25, 0.3) is 0 Å². The van der Waals surface area contributed by atoms with Crippen molar-refractivity contribution in [1.82, 2.24) is 14.7 Å².